The van der Waals surface area contributed by atoms with E-state index < -0.39 is 24.3 Å². The predicted molar refractivity (Wildman–Crippen MR) is 95.2 cm³/mol. The van der Waals surface area contributed by atoms with E-state index in [0.717, 1.165) is 0 Å². The first-order valence-corrected chi connectivity index (χ1v) is 8.16. The molecule has 0 atom stereocenters. The summed E-state index contributed by atoms with van der Waals surface area (Å²) in [5.41, 5.74) is 0.962. The SMILES string of the molecule is COc1ccc(CC(=O)OCC(=O)Nc2ncc(Cl)c(C)c2Cl)cc1F. The minimum absolute atomic E-state index is 0.0733. The standard InChI is InChI=1S/C17H15Cl2FN2O4/c1-9-11(18)7-21-17(16(9)19)22-14(23)8-26-15(24)6-10-3-4-13(25-2)12(20)5-10/h3-5,7H,6,8H2,1-2H3,(H,21,22,23). The highest BCUT2D eigenvalue weighted by atomic mass is 35.5. The molecule has 6 nitrogen and oxygen atoms in total. The molecule has 0 fully saturated rings. The fraction of sp³-hybridized carbons (Fsp3) is 0.235. The van der Waals surface area contributed by atoms with Gasteiger partial charge in [-0.05, 0) is 30.2 Å². The molecule has 0 spiro atoms. The van der Waals surface area contributed by atoms with Crippen LogP contribution in [-0.4, -0.2) is 30.6 Å². The quantitative estimate of drug-likeness (QED) is 0.749. The first kappa shape index (κ1) is 19.9. The van der Waals surface area contributed by atoms with Crippen molar-refractivity contribution in [3.8, 4) is 5.75 Å². The first-order chi connectivity index (χ1) is 12.3. The molecule has 0 saturated heterocycles. The molecule has 0 aliphatic rings. The summed E-state index contributed by atoms with van der Waals surface area (Å²) in [6, 6.07) is 4.10. The molecule has 1 aromatic carbocycles. The van der Waals surface area contributed by atoms with Crippen LogP contribution in [-0.2, 0) is 20.7 Å². The summed E-state index contributed by atoms with van der Waals surface area (Å²) < 4.78 is 23.3. The van der Waals surface area contributed by atoms with Gasteiger partial charge < -0.3 is 14.8 Å². The van der Waals surface area contributed by atoms with Crippen LogP contribution >= 0.6 is 23.2 Å². The zero-order valence-electron chi connectivity index (χ0n) is 13.9. The summed E-state index contributed by atoms with van der Waals surface area (Å²) in [5.74, 6) is -1.70. The molecule has 2 rings (SSSR count). The molecule has 2 aromatic rings. The summed E-state index contributed by atoms with van der Waals surface area (Å²) >= 11 is 11.9. The summed E-state index contributed by atoms with van der Waals surface area (Å²) in [4.78, 5) is 27.6. The number of carbonyl (C=O) groups is 2. The normalized spacial score (nSPS) is 10.3. The van der Waals surface area contributed by atoms with E-state index in [4.69, 9.17) is 32.7 Å². The second-order valence-corrected chi connectivity index (χ2v) is 6.03. The molecule has 1 heterocycles. The Labute approximate surface area is 159 Å². The molecule has 1 N–H and O–H groups in total. The van der Waals surface area contributed by atoms with Crippen LogP contribution in [0.5, 0.6) is 5.75 Å². The van der Waals surface area contributed by atoms with Crippen molar-refractivity contribution < 1.29 is 23.5 Å². The number of benzene rings is 1. The van der Waals surface area contributed by atoms with E-state index >= 15 is 0 Å². The highest BCUT2D eigenvalue weighted by molar-refractivity contribution is 6.37. The minimum Gasteiger partial charge on any atom is -0.494 e. The molecule has 0 aliphatic heterocycles. The number of halogens is 3. The fourth-order valence-electron chi connectivity index (χ4n) is 2.00. The van der Waals surface area contributed by atoms with Crippen molar-refractivity contribution in [3.05, 3.63) is 51.4 Å². The fourth-order valence-corrected chi connectivity index (χ4v) is 2.39. The molecule has 0 aliphatic carbocycles. The van der Waals surface area contributed by atoms with E-state index in [1.807, 2.05) is 0 Å². The molecule has 138 valence electrons. The Bertz CT molecular complexity index is 846. The van der Waals surface area contributed by atoms with Gasteiger partial charge in [0.2, 0.25) is 0 Å². The number of esters is 1. The monoisotopic (exact) mass is 400 g/mol. The molecule has 0 unspecified atom stereocenters. The number of hydrogen-bond donors (Lipinski definition) is 1. The van der Waals surface area contributed by atoms with Gasteiger partial charge in [0.1, 0.15) is 0 Å². The van der Waals surface area contributed by atoms with Crippen molar-refractivity contribution in [3.63, 3.8) is 0 Å². The van der Waals surface area contributed by atoms with Gasteiger partial charge in [-0.1, -0.05) is 29.3 Å². The van der Waals surface area contributed by atoms with Gasteiger partial charge >= 0.3 is 5.97 Å². The van der Waals surface area contributed by atoms with Gasteiger partial charge in [-0.15, -0.1) is 0 Å². The van der Waals surface area contributed by atoms with Crippen LogP contribution in [0, 0.1) is 12.7 Å². The van der Waals surface area contributed by atoms with Gasteiger partial charge in [-0.2, -0.15) is 0 Å². The lowest BCUT2D eigenvalue weighted by Crippen LogP contribution is -2.22. The van der Waals surface area contributed by atoms with Gasteiger partial charge in [0, 0.05) is 6.20 Å². The van der Waals surface area contributed by atoms with Gasteiger partial charge in [0.25, 0.3) is 5.91 Å². The van der Waals surface area contributed by atoms with Crippen LogP contribution in [0.25, 0.3) is 0 Å². The third kappa shape index (κ3) is 5.06. The summed E-state index contributed by atoms with van der Waals surface area (Å²) in [6.07, 6.45) is 1.16. The van der Waals surface area contributed by atoms with E-state index in [0.29, 0.717) is 16.1 Å². The molecular weight excluding hydrogens is 386 g/mol. The Morgan fingerprint density at radius 2 is 2.04 bits per heavy atom. The maximum Gasteiger partial charge on any atom is 0.310 e. The van der Waals surface area contributed by atoms with Gasteiger partial charge in [0.15, 0.2) is 24.0 Å². The van der Waals surface area contributed by atoms with E-state index in [2.05, 4.69) is 10.3 Å². The van der Waals surface area contributed by atoms with Gasteiger partial charge in [-0.3, -0.25) is 9.59 Å². The first-order valence-electron chi connectivity index (χ1n) is 7.40. The topological polar surface area (TPSA) is 77.5 Å². The lowest BCUT2D eigenvalue weighted by molar-refractivity contribution is -0.146. The minimum atomic E-state index is -0.684. The molecular formula is C17H15Cl2FN2O4. The Morgan fingerprint density at radius 1 is 1.31 bits per heavy atom. The van der Waals surface area contributed by atoms with Crippen molar-refractivity contribution in [1.29, 1.82) is 0 Å². The lowest BCUT2D eigenvalue weighted by atomic mass is 10.1. The number of aromatic nitrogens is 1. The molecule has 0 saturated carbocycles. The average Bonchev–Trinajstić information content (AvgIpc) is 2.61. The average molecular weight is 401 g/mol. The van der Waals surface area contributed by atoms with Crippen LogP contribution in [0.1, 0.15) is 11.1 Å². The number of amides is 1. The zero-order valence-corrected chi connectivity index (χ0v) is 15.4. The van der Waals surface area contributed by atoms with Crippen molar-refractivity contribution in [1.82, 2.24) is 4.98 Å². The highest BCUT2D eigenvalue weighted by Gasteiger charge is 2.14. The number of anilines is 1. The van der Waals surface area contributed by atoms with E-state index in [9.17, 15) is 14.0 Å². The van der Waals surface area contributed by atoms with E-state index in [1.165, 1.54) is 31.5 Å². The maximum atomic E-state index is 13.6. The smallest absolute Gasteiger partial charge is 0.310 e. The zero-order chi connectivity index (χ0) is 19.3. The molecule has 0 bridgehead atoms. The maximum absolute atomic E-state index is 13.6. The molecule has 1 amide bonds. The number of pyridine rings is 1. The van der Waals surface area contributed by atoms with Crippen molar-refractivity contribution in [2.75, 3.05) is 19.0 Å². The van der Waals surface area contributed by atoms with Crippen molar-refractivity contribution >= 4 is 40.9 Å². The molecule has 1 aromatic heterocycles. The highest BCUT2D eigenvalue weighted by Crippen LogP contribution is 2.28. The number of carbonyl (C=O) groups excluding carboxylic acids is 2. The van der Waals surface area contributed by atoms with Crippen LogP contribution in [0.3, 0.4) is 0 Å². The molecule has 26 heavy (non-hydrogen) atoms. The number of methoxy groups -OCH3 is 1. The third-order valence-corrected chi connectivity index (χ3v) is 4.23. The predicted octanol–water partition coefficient (Wildman–Crippen LogP) is 3.57. The van der Waals surface area contributed by atoms with Crippen LogP contribution in [0.15, 0.2) is 24.4 Å². The third-order valence-electron chi connectivity index (χ3n) is 3.39. The summed E-state index contributed by atoms with van der Waals surface area (Å²) in [7, 11) is 1.34. The number of nitrogens with zero attached hydrogens (tertiary/aromatic N) is 1. The van der Waals surface area contributed by atoms with Crippen LogP contribution in [0.2, 0.25) is 10.0 Å². The Morgan fingerprint density at radius 3 is 2.69 bits per heavy atom. The number of ether oxygens (including phenoxy) is 2. The van der Waals surface area contributed by atoms with Gasteiger partial charge in [0.05, 0.1) is 23.6 Å². The Kier molecular flexibility index (Phi) is 6.76. The van der Waals surface area contributed by atoms with Crippen molar-refractivity contribution in [2.24, 2.45) is 0 Å². The van der Waals surface area contributed by atoms with E-state index in [-0.39, 0.29) is 23.0 Å². The van der Waals surface area contributed by atoms with Crippen molar-refractivity contribution in [2.45, 2.75) is 13.3 Å². The van der Waals surface area contributed by atoms with Crippen LogP contribution in [0.4, 0.5) is 10.2 Å². The second kappa shape index (κ2) is 8.82. The second-order valence-electron chi connectivity index (χ2n) is 5.25. The molecule has 9 heteroatoms. The Balaban J connectivity index is 1.88. The van der Waals surface area contributed by atoms with Crippen LogP contribution < -0.4 is 10.1 Å². The largest absolute Gasteiger partial charge is 0.494 e. The van der Waals surface area contributed by atoms with E-state index in [1.54, 1.807) is 6.92 Å². The number of hydrogen-bond acceptors (Lipinski definition) is 5. The summed E-state index contributed by atoms with van der Waals surface area (Å²) in [6.45, 7) is 1.15. The van der Waals surface area contributed by atoms with Gasteiger partial charge in [-0.25, -0.2) is 9.37 Å². The number of nitrogens with one attached hydrogen (secondary N) is 1. The lowest BCUT2D eigenvalue weighted by Gasteiger charge is -2.10. The molecule has 0 radical (unpaired) electrons. The Hall–Kier alpha value is -2.38. The summed E-state index contributed by atoms with van der Waals surface area (Å²) in [5, 5.41) is 2.99. The number of rotatable bonds is 6.